The van der Waals surface area contributed by atoms with Crippen LogP contribution in [0.3, 0.4) is 0 Å². The Bertz CT molecular complexity index is 203. The van der Waals surface area contributed by atoms with E-state index in [1.165, 1.54) is 6.08 Å². The van der Waals surface area contributed by atoms with Gasteiger partial charge >= 0.3 is 0 Å². The van der Waals surface area contributed by atoms with Crippen LogP contribution in [-0.2, 0) is 14.9 Å². The third-order valence-corrected chi connectivity index (χ3v) is 2.18. The topological polar surface area (TPSA) is 58.6 Å². The maximum absolute atomic E-state index is 11.0. The maximum Gasteiger partial charge on any atom is 0.155 e. The Morgan fingerprint density at radius 1 is 1.64 bits per heavy atom. The summed E-state index contributed by atoms with van der Waals surface area (Å²) < 4.78 is 0. The van der Waals surface area contributed by atoms with Gasteiger partial charge in [-0.3, -0.25) is 0 Å². The van der Waals surface area contributed by atoms with Gasteiger partial charge in [0, 0.05) is 0 Å². The van der Waals surface area contributed by atoms with Gasteiger partial charge in [0.1, 0.15) is 17.8 Å². The molecule has 1 fully saturated rings. The largest absolute Gasteiger partial charge is 0.387 e. The van der Waals surface area contributed by atoms with E-state index >= 15 is 0 Å². The molecule has 1 radical (unpaired) electrons. The summed E-state index contributed by atoms with van der Waals surface area (Å²) in [5.74, 6) is 0. The summed E-state index contributed by atoms with van der Waals surface area (Å²) in [7, 11) is 0. The van der Waals surface area contributed by atoms with E-state index in [-0.39, 0.29) is 0 Å². The van der Waals surface area contributed by atoms with Gasteiger partial charge in [0.25, 0.3) is 0 Å². The fraction of sp³-hybridized carbons (Fsp3) is 0.714. The fourth-order valence-electron chi connectivity index (χ4n) is 1.34. The number of rotatable bonds is 0. The van der Waals surface area contributed by atoms with Gasteiger partial charge in [-0.1, -0.05) is 6.08 Å². The molecule has 1 aliphatic carbocycles. The molecule has 0 aromatic rings. The van der Waals surface area contributed by atoms with Gasteiger partial charge in [-0.25, -0.2) is 14.9 Å². The first-order valence-electron chi connectivity index (χ1n) is 3.51. The van der Waals surface area contributed by atoms with Gasteiger partial charge in [-0.2, -0.15) is 0 Å². The van der Waals surface area contributed by atoms with Crippen LogP contribution < -0.4 is 0 Å². The number of hydrogen-bond acceptors (Lipinski definition) is 3. The van der Waals surface area contributed by atoms with Gasteiger partial charge in [0.2, 0.25) is 0 Å². The highest BCUT2D eigenvalue weighted by molar-refractivity contribution is 5.17. The summed E-state index contributed by atoms with van der Waals surface area (Å²) in [5.41, 5.74) is -0.814. The molecule has 4 heteroatoms. The van der Waals surface area contributed by atoms with Crippen molar-refractivity contribution in [3.05, 3.63) is 12.2 Å². The van der Waals surface area contributed by atoms with Crippen LogP contribution in [0.4, 0.5) is 0 Å². The minimum absolute atomic E-state index is 0.745. The van der Waals surface area contributed by atoms with Crippen molar-refractivity contribution in [2.75, 3.05) is 0 Å². The molecular weight excluding hydrogens is 148 g/mol. The van der Waals surface area contributed by atoms with Crippen LogP contribution in [0.2, 0.25) is 0 Å². The molecule has 0 spiro atoms. The van der Waals surface area contributed by atoms with Crippen molar-refractivity contribution >= 4 is 0 Å². The van der Waals surface area contributed by atoms with E-state index in [2.05, 4.69) is 4.89 Å². The van der Waals surface area contributed by atoms with Crippen LogP contribution in [0, 0.1) is 0 Å². The second-order valence-electron chi connectivity index (χ2n) is 3.10. The second kappa shape index (κ2) is 2.04. The third kappa shape index (κ3) is 0.841. The number of aliphatic hydroxyl groups excluding tert-OH is 1. The highest BCUT2D eigenvalue weighted by atomic mass is 17.2. The number of aliphatic hydroxyl groups is 1. The first-order valence-corrected chi connectivity index (χ1v) is 3.51. The van der Waals surface area contributed by atoms with E-state index in [1.54, 1.807) is 13.0 Å². The Kier molecular flexibility index (Phi) is 1.34. The molecule has 1 saturated heterocycles. The van der Waals surface area contributed by atoms with Crippen molar-refractivity contribution in [1.82, 2.24) is 0 Å². The normalized spacial score (nSPS) is 55.0. The average Bonchev–Trinajstić information content (AvgIpc) is 2.14. The molecule has 1 N–H and O–H groups in total. The highest BCUT2D eigenvalue weighted by Crippen LogP contribution is 2.35. The quantitative estimate of drug-likeness (QED) is 0.391. The molecule has 2 bridgehead atoms. The van der Waals surface area contributed by atoms with Crippen LogP contribution in [0.15, 0.2) is 12.2 Å². The Morgan fingerprint density at radius 3 is 3.00 bits per heavy atom. The van der Waals surface area contributed by atoms with Crippen LogP contribution >= 0.6 is 0 Å². The molecule has 11 heavy (non-hydrogen) atoms. The van der Waals surface area contributed by atoms with Crippen molar-refractivity contribution in [2.45, 2.75) is 30.8 Å². The predicted octanol–water partition coefficient (Wildman–Crippen LogP) is -0.195. The van der Waals surface area contributed by atoms with E-state index in [1.807, 2.05) is 0 Å². The fourth-order valence-corrected chi connectivity index (χ4v) is 1.34. The standard InChI is InChI=1S/C7H9O4/c1-7-3-2-4(8)5(6(7)9)10-11-7/h2-6,9H,1H3/t4?,5-,6-,7+/m1/s1. The van der Waals surface area contributed by atoms with Gasteiger partial charge < -0.3 is 5.11 Å². The van der Waals surface area contributed by atoms with Crippen molar-refractivity contribution < 1.29 is 20.0 Å². The molecule has 0 aromatic heterocycles. The van der Waals surface area contributed by atoms with E-state index in [0.29, 0.717) is 0 Å². The van der Waals surface area contributed by atoms with Crippen LogP contribution in [-0.4, -0.2) is 29.0 Å². The number of fused-ring (bicyclic) bond motifs is 2. The van der Waals surface area contributed by atoms with Crippen molar-refractivity contribution in [1.29, 1.82) is 0 Å². The van der Waals surface area contributed by atoms with E-state index < -0.39 is 23.9 Å². The monoisotopic (exact) mass is 157 g/mol. The highest BCUT2D eigenvalue weighted by Gasteiger charge is 2.52. The molecule has 0 aromatic carbocycles. The molecular formula is C7H9O4. The predicted molar refractivity (Wildman–Crippen MR) is 34.0 cm³/mol. The molecule has 2 aliphatic rings. The Hall–Kier alpha value is -0.420. The zero-order valence-corrected chi connectivity index (χ0v) is 6.06. The molecule has 61 valence electrons. The molecule has 1 unspecified atom stereocenters. The lowest BCUT2D eigenvalue weighted by atomic mass is 9.87. The first kappa shape index (κ1) is 7.24. The van der Waals surface area contributed by atoms with Crippen molar-refractivity contribution in [3.8, 4) is 0 Å². The van der Waals surface area contributed by atoms with Crippen LogP contribution in [0.1, 0.15) is 6.92 Å². The zero-order chi connectivity index (χ0) is 8.06. The lowest BCUT2D eigenvalue weighted by molar-refractivity contribution is -0.317. The number of hydrogen-bond donors (Lipinski definition) is 1. The molecule has 4 atom stereocenters. The van der Waals surface area contributed by atoms with E-state index in [4.69, 9.17) is 4.89 Å². The van der Waals surface area contributed by atoms with Gasteiger partial charge in [0.15, 0.2) is 6.10 Å². The zero-order valence-electron chi connectivity index (χ0n) is 6.06. The van der Waals surface area contributed by atoms with E-state index in [9.17, 15) is 10.2 Å². The Labute approximate surface area is 64.0 Å². The SMILES string of the molecule is C[C@@]12C=CC([O])[C@@H](OO1)[C@H]2O. The third-order valence-electron chi connectivity index (χ3n) is 2.18. The van der Waals surface area contributed by atoms with Crippen LogP contribution in [0.5, 0.6) is 0 Å². The Balaban J connectivity index is 2.34. The second-order valence-corrected chi connectivity index (χ2v) is 3.10. The average molecular weight is 157 g/mol. The molecule has 4 nitrogen and oxygen atoms in total. The van der Waals surface area contributed by atoms with Gasteiger partial charge in [-0.05, 0) is 13.0 Å². The minimum Gasteiger partial charge on any atom is -0.387 e. The van der Waals surface area contributed by atoms with Gasteiger partial charge in [0.05, 0.1) is 0 Å². The minimum atomic E-state index is -1.01. The lowest BCUT2D eigenvalue weighted by Crippen LogP contribution is -2.46. The lowest BCUT2D eigenvalue weighted by Gasteiger charge is -2.25. The molecule has 2 rings (SSSR count). The Morgan fingerprint density at radius 2 is 2.36 bits per heavy atom. The summed E-state index contributed by atoms with van der Waals surface area (Å²) in [6.45, 7) is 1.68. The van der Waals surface area contributed by atoms with Crippen LogP contribution in [0.25, 0.3) is 0 Å². The molecule has 1 heterocycles. The summed E-state index contributed by atoms with van der Waals surface area (Å²) >= 11 is 0. The molecule has 1 aliphatic heterocycles. The van der Waals surface area contributed by atoms with Crippen molar-refractivity contribution in [3.63, 3.8) is 0 Å². The molecule has 0 saturated carbocycles. The molecule has 0 amide bonds. The summed E-state index contributed by atoms with van der Waals surface area (Å²) in [5, 5.41) is 20.5. The summed E-state index contributed by atoms with van der Waals surface area (Å²) in [6, 6.07) is 0. The summed E-state index contributed by atoms with van der Waals surface area (Å²) in [4.78, 5) is 9.49. The smallest absolute Gasteiger partial charge is 0.155 e. The van der Waals surface area contributed by atoms with Gasteiger partial charge in [-0.15, -0.1) is 0 Å². The maximum atomic E-state index is 11.0. The van der Waals surface area contributed by atoms with E-state index in [0.717, 1.165) is 0 Å². The summed E-state index contributed by atoms with van der Waals surface area (Å²) in [6.07, 6.45) is 0.420. The first-order chi connectivity index (χ1) is 5.13. The van der Waals surface area contributed by atoms with Crippen molar-refractivity contribution in [2.24, 2.45) is 0 Å².